The summed E-state index contributed by atoms with van der Waals surface area (Å²) in [7, 11) is -3.49. The van der Waals surface area contributed by atoms with Gasteiger partial charge < -0.3 is 0 Å². The van der Waals surface area contributed by atoms with Gasteiger partial charge in [0.15, 0.2) is 0 Å². The Hall–Kier alpha value is -2.25. The molecule has 0 spiro atoms. The fourth-order valence-electron chi connectivity index (χ4n) is 3.61. The van der Waals surface area contributed by atoms with Gasteiger partial charge in [0.05, 0.1) is 0 Å². The van der Waals surface area contributed by atoms with Crippen molar-refractivity contribution in [2.45, 2.75) is 50.3 Å². The number of nitrogens with zero attached hydrogens (tertiary/aromatic N) is 3. The molecule has 1 atom stereocenters. The lowest BCUT2D eigenvalue weighted by Crippen LogP contribution is -2.30. The number of hydrazone groups is 1. The van der Waals surface area contributed by atoms with E-state index in [9.17, 15) is 8.42 Å². The van der Waals surface area contributed by atoms with Crippen molar-refractivity contribution in [3.8, 4) is 0 Å². The van der Waals surface area contributed by atoms with Gasteiger partial charge in [0.25, 0.3) is 0 Å². The number of sulfonamides is 1. The summed E-state index contributed by atoms with van der Waals surface area (Å²) in [6.45, 7) is 4.53. The Morgan fingerprint density at radius 2 is 1.86 bits per heavy atom. The molecule has 1 saturated carbocycles. The summed E-state index contributed by atoms with van der Waals surface area (Å²) < 4.78 is 26.5. The van der Waals surface area contributed by atoms with Crippen molar-refractivity contribution in [3.05, 3.63) is 54.2 Å². The lowest BCUT2D eigenvalue weighted by molar-refractivity contribution is 0.445. The minimum atomic E-state index is -3.49. The van der Waals surface area contributed by atoms with E-state index in [-0.39, 0.29) is 4.90 Å². The van der Waals surface area contributed by atoms with Gasteiger partial charge in [0, 0.05) is 30.9 Å². The first-order valence-corrected chi connectivity index (χ1v) is 11.3. The van der Waals surface area contributed by atoms with Crippen LogP contribution in [0.1, 0.15) is 51.0 Å². The molecule has 0 amide bonds. The minimum Gasteiger partial charge on any atom is -0.261 e. The average molecular weight is 401 g/mol. The first kappa shape index (κ1) is 20.5. The zero-order valence-electron chi connectivity index (χ0n) is 16.5. The maximum Gasteiger partial charge on any atom is 0.244 e. The standard InChI is InChI=1S/C21H28N4O2S/c1-3-25(4-2)28(26,27)18-14-15-21(22-16-18)24-23-20-13-9-8-12-19(20)17-10-6-5-7-11-17/h5-7,10-11,14-16,19H,3-4,8-9,12-13H2,1-2H3,(H,22,24)/t19-/m1/s1. The van der Waals surface area contributed by atoms with E-state index >= 15 is 0 Å². The van der Waals surface area contributed by atoms with E-state index < -0.39 is 10.0 Å². The Morgan fingerprint density at radius 3 is 2.50 bits per heavy atom. The van der Waals surface area contributed by atoms with Gasteiger partial charge in [-0.15, -0.1) is 0 Å². The highest BCUT2D eigenvalue weighted by molar-refractivity contribution is 7.89. The highest BCUT2D eigenvalue weighted by Crippen LogP contribution is 2.30. The van der Waals surface area contributed by atoms with Crippen molar-refractivity contribution in [2.24, 2.45) is 5.10 Å². The lowest BCUT2D eigenvalue weighted by Gasteiger charge is -2.24. The number of nitrogens with one attached hydrogen (secondary N) is 1. The molecular formula is C21H28N4O2S. The van der Waals surface area contributed by atoms with Crippen LogP contribution >= 0.6 is 0 Å². The number of pyridine rings is 1. The Bertz CT molecular complexity index is 892. The van der Waals surface area contributed by atoms with E-state index in [1.54, 1.807) is 12.1 Å². The van der Waals surface area contributed by atoms with E-state index in [4.69, 9.17) is 0 Å². The van der Waals surface area contributed by atoms with Crippen molar-refractivity contribution in [2.75, 3.05) is 18.5 Å². The van der Waals surface area contributed by atoms with Gasteiger partial charge in [-0.05, 0) is 37.0 Å². The molecule has 0 aliphatic heterocycles. The molecule has 1 fully saturated rings. The maximum absolute atomic E-state index is 12.5. The highest BCUT2D eigenvalue weighted by atomic mass is 32.2. The van der Waals surface area contributed by atoms with Crippen LogP contribution in [0.2, 0.25) is 0 Å². The molecule has 0 radical (unpaired) electrons. The van der Waals surface area contributed by atoms with Crippen molar-refractivity contribution in [3.63, 3.8) is 0 Å². The van der Waals surface area contributed by atoms with Crippen LogP contribution in [0.25, 0.3) is 0 Å². The zero-order chi connectivity index (χ0) is 20.0. The molecule has 1 N–H and O–H groups in total. The molecule has 3 rings (SSSR count). The largest absolute Gasteiger partial charge is 0.261 e. The van der Waals surface area contributed by atoms with Gasteiger partial charge >= 0.3 is 0 Å². The van der Waals surface area contributed by atoms with Gasteiger partial charge in [-0.3, -0.25) is 5.43 Å². The van der Waals surface area contributed by atoms with Crippen molar-refractivity contribution >= 4 is 21.6 Å². The van der Waals surface area contributed by atoms with E-state index in [0.29, 0.717) is 24.8 Å². The predicted molar refractivity (Wildman–Crippen MR) is 113 cm³/mol. The molecule has 1 aromatic heterocycles. The Balaban J connectivity index is 1.75. The highest BCUT2D eigenvalue weighted by Gasteiger charge is 2.23. The molecule has 0 saturated heterocycles. The molecule has 6 nitrogen and oxygen atoms in total. The van der Waals surface area contributed by atoms with Crippen LogP contribution in [-0.4, -0.2) is 36.5 Å². The van der Waals surface area contributed by atoms with Gasteiger partial charge in [-0.2, -0.15) is 9.41 Å². The summed E-state index contributed by atoms with van der Waals surface area (Å²) in [5, 5.41) is 4.61. The molecule has 28 heavy (non-hydrogen) atoms. The molecule has 1 heterocycles. The monoisotopic (exact) mass is 400 g/mol. The zero-order valence-corrected chi connectivity index (χ0v) is 17.3. The first-order valence-electron chi connectivity index (χ1n) is 9.89. The fraction of sp³-hybridized carbons (Fsp3) is 0.429. The third kappa shape index (κ3) is 4.59. The third-order valence-electron chi connectivity index (χ3n) is 5.17. The van der Waals surface area contributed by atoms with Crippen LogP contribution in [0.3, 0.4) is 0 Å². The van der Waals surface area contributed by atoms with E-state index in [0.717, 1.165) is 25.0 Å². The quantitative estimate of drug-likeness (QED) is 0.706. The van der Waals surface area contributed by atoms with Crippen LogP contribution < -0.4 is 5.43 Å². The normalized spacial score (nSPS) is 19.1. The number of hydrogen-bond acceptors (Lipinski definition) is 5. The molecule has 1 aromatic carbocycles. The number of hydrogen-bond donors (Lipinski definition) is 1. The molecule has 0 bridgehead atoms. The molecular weight excluding hydrogens is 372 g/mol. The van der Waals surface area contributed by atoms with Crippen molar-refractivity contribution < 1.29 is 8.42 Å². The summed E-state index contributed by atoms with van der Waals surface area (Å²) in [6.07, 6.45) is 5.79. The van der Waals surface area contributed by atoms with Gasteiger partial charge in [-0.1, -0.05) is 50.6 Å². The second-order valence-electron chi connectivity index (χ2n) is 6.89. The van der Waals surface area contributed by atoms with Crippen LogP contribution in [0.15, 0.2) is 58.7 Å². The van der Waals surface area contributed by atoms with E-state index in [2.05, 4.69) is 39.8 Å². The smallest absolute Gasteiger partial charge is 0.244 e. The second kappa shape index (κ2) is 9.30. The molecule has 150 valence electrons. The Labute approximate surface area is 167 Å². The van der Waals surface area contributed by atoms with Gasteiger partial charge in [0.2, 0.25) is 10.0 Å². The van der Waals surface area contributed by atoms with Crippen molar-refractivity contribution in [1.29, 1.82) is 0 Å². The van der Waals surface area contributed by atoms with Crippen LogP contribution in [0, 0.1) is 0 Å². The Kier molecular flexibility index (Phi) is 6.80. The van der Waals surface area contributed by atoms with E-state index in [1.807, 2.05) is 19.9 Å². The average Bonchev–Trinajstić information content (AvgIpc) is 2.74. The van der Waals surface area contributed by atoms with Crippen LogP contribution in [-0.2, 0) is 10.0 Å². The van der Waals surface area contributed by atoms with Crippen molar-refractivity contribution in [1.82, 2.24) is 9.29 Å². The predicted octanol–water partition coefficient (Wildman–Crippen LogP) is 4.24. The number of aromatic nitrogens is 1. The summed E-state index contributed by atoms with van der Waals surface area (Å²) >= 11 is 0. The number of rotatable bonds is 7. The summed E-state index contributed by atoms with van der Waals surface area (Å²) in [6, 6.07) is 13.7. The molecule has 1 aliphatic carbocycles. The lowest BCUT2D eigenvalue weighted by atomic mass is 9.82. The van der Waals surface area contributed by atoms with Gasteiger partial charge in [0.1, 0.15) is 10.7 Å². The second-order valence-corrected chi connectivity index (χ2v) is 8.83. The summed E-state index contributed by atoms with van der Waals surface area (Å²) in [5.74, 6) is 0.869. The van der Waals surface area contributed by atoms with Crippen LogP contribution in [0.4, 0.5) is 5.82 Å². The third-order valence-corrected chi connectivity index (χ3v) is 7.21. The molecule has 0 unspecified atom stereocenters. The van der Waals surface area contributed by atoms with E-state index in [1.165, 1.54) is 22.5 Å². The summed E-state index contributed by atoms with van der Waals surface area (Å²) in [5.41, 5.74) is 5.43. The maximum atomic E-state index is 12.5. The molecule has 1 aliphatic rings. The molecule has 2 aromatic rings. The van der Waals surface area contributed by atoms with Crippen LogP contribution in [0.5, 0.6) is 0 Å². The number of benzene rings is 1. The van der Waals surface area contributed by atoms with Gasteiger partial charge in [-0.25, -0.2) is 13.4 Å². The Morgan fingerprint density at radius 1 is 1.11 bits per heavy atom. The minimum absolute atomic E-state index is 0.203. The fourth-order valence-corrected chi connectivity index (χ4v) is 5.02. The SMILES string of the molecule is CCN(CC)S(=O)(=O)c1ccc(NN=C2CCCC[C@@H]2c2ccccc2)nc1. The molecule has 7 heteroatoms. The number of anilines is 1. The topological polar surface area (TPSA) is 74.7 Å². The first-order chi connectivity index (χ1) is 13.6. The summed E-state index contributed by atoms with van der Waals surface area (Å²) in [4.78, 5) is 4.46.